The number of hydrogen-bond donors (Lipinski definition) is 1. The Hall–Kier alpha value is -1.87. The van der Waals surface area contributed by atoms with Gasteiger partial charge in [-0.3, -0.25) is 0 Å². The molecule has 0 saturated heterocycles. The van der Waals surface area contributed by atoms with Gasteiger partial charge in [0.15, 0.2) is 0 Å². The van der Waals surface area contributed by atoms with E-state index in [4.69, 9.17) is 10.5 Å². The molecule has 3 heteroatoms. The van der Waals surface area contributed by atoms with Crippen molar-refractivity contribution in [2.45, 2.75) is 18.8 Å². The van der Waals surface area contributed by atoms with Gasteiger partial charge in [0.05, 0.1) is 7.11 Å². The molecule has 0 bridgehead atoms. The standard InChI is InChI=1S/C17H20FNO/c1-20-17-10-9-15(18)11-16(17)14(12-19)8-7-13-5-3-2-4-6-13/h2-6,9-11,14H,7-8,12,19H2,1H3. The lowest BCUT2D eigenvalue weighted by Crippen LogP contribution is -2.14. The van der Waals surface area contributed by atoms with Crippen molar-refractivity contribution in [3.63, 3.8) is 0 Å². The lowest BCUT2D eigenvalue weighted by atomic mass is 9.91. The Morgan fingerprint density at radius 1 is 1.15 bits per heavy atom. The van der Waals surface area contributed by atoms with Crippen molar-refractivity contribution in [2.75, 3.05) is 13.7 Å². The number of hydrogen-bond acceptors (Lipinski definition) is 2. The van der Waals surface area contributed by atoms with Crippen LogP contribution in [0.1, 0.15) is 23.5 Å². The molecule has 2 aromatic rings. The zero-order chi connectivity index (χ0) is 14.4. The van der Waals surface area contributed by atoms with E-state index >= 15 is 0 Å². The molecule has 1 unspecified atom stereocenters. The summed E-state index contributed by atoms with van der Waals surface area (Å²) in [5, 5.41) is 0. The minimum absolute atomic E-state index is 0.0980. The third kappa shape index (κ3) is 3.58. The van der Waals surface area contributed by atoms with Crippen LogP contribution in [0, 0.1) is 5.82 Å². The van der Waals surface area contributed by atoms with Gasteiger partial charge in [-0.2, -0.15) is 0 Å². The summed E-state index contributed by atoms with van der Waals surface area (Å²) in [6.45, 7) is 0.479. The van der Waals surface area contributed by atoms with Crippen molar-refractivity contribution in [1.82, 2.24) is 0 Å². The van der Waals surface area contributed by atoms with E-state index in [0.717, 1.165) is 18.4 Å². The van der Waals surface area contributed by atoms with Gasteiger partial charge in [0.2, 0.25) is 0 Å². The summed E-state index contributed by atoms with van der Waals surface area (Å²) in [6, 6.07) is 14.8. The molecule has 0 saturated carbocycles. The lowest BCUT2D eigenvalue weighted by molar-refractivity contribution is 0.402. The maximum Gasteiger partial charge on any atom is 0.123 e. The molecule has 0 aliphatic rings. The van der Waals surface area contributed by atoms with E-state index in [9.17, 15) is 4.39 Å². The van der Waals surface area contributed by atoms with Gasteiger partial charge in [0, 0.05) is 11.5 Å². The van der Waals surface area contributed by atoms with Crippen LogP contribution in [0.3, 0.4) is 0 Å². The van der Waals surface area contributed by atoms with Crippen LogP contribution in [-0.2, 0) is 6.42 Å². The van der Waals surface area contributed by atoms with Gasteiger partial charge in [-0.15, -0.1) is 0 Å². The fraction of sp³-hybridized carbons (Fsp3) is 0.294. The van der Waals surface area contributed by atoms with Gasteiger partial charge in [-0.1, -0.05) is 30.3 Å². The van der Waals surface area contributed by atoms with Crippen molar-refractivity contribution in [3.05, 3.63) is 65.5 Å². The molecule has 0 aromatic heterocycles. The SMILES string of the molecule is COc1ccc(F)cc1C(CN)CCc1ccccc1. The third-order valence-corrected chi connectivity index (χ3v) is 3.54. The number of methoxy groups -OCH3 is 1. The largest absolute Gasteiger partial charge is 0.496 e. The highest BCUT2D eigenvalue weighted by molar-refractivity contribution is 5.37. The quantitative estimate of drug-likeness (QED) is 0.874. The maximum absolute atomic E-state index is 13.4. The van der Waals surface area contributed by atoms with Crippen molar-refractivity contribution < 1.29 is 9.13 Å². The predicted octanol–water partition coefficient (Wildman–Crippen LogP) is 3.51. The molecule has 0 amide bonds. The van der Waals surface area contributed by atoms with Crippen molar-refractivity contribution in [1.29, 1.82) is 0 Å². The van der Waals surface area contributed by atoms with Crippen LogP contribution in [0.25, 0.3) is 0 Å². The van der Waals surface area contributed by atoms with Crippen LogP contribution >= 0.6 is 0 Å². The van der Waals surface area contributed by atoms with Crippen LogP contribution in [0.15, 0.2) is 48.5 Å². The first-order valence-corrected chi connectivity index (χ1v) is 6.82. The van der Waals surface area contributed by atoms with E-state index in [0.29, 0.717) is 12.3 Å². The van der Waals surface area contributed by atoms with Crippen LogP contribution < -0.4 is 10.5 Å². The molecule has 1 atom stereocenters. The molecule has 2 aromatic carbocycles. The first-order valence-electron chi connectivity index (χ1n) is 6.82. The van der Waals surface area contributed by atoms with E-state index in [-0.39, 0.29) is 11.7 Å². The van der Waals surface area contributed by atoms with Gasteiger partial charge < -0.3 is 10.5 Å². The zero-order valence-electron chi connectivity index (χ0n) is 11.7. The van der Waals surface area contributed by atoms with Crippen LogP contribution in [0.2, 0.25) is 0 Å². The molecule has 20 heavy (non-hydrogen) atoms. The minimum atomic E-state index is -0.251. The van der Waals surface area contributed by atoms with Gasteiger partial charge in [-0.25, -0.2) is 4.39 Å². The average Bonchev–Trinajstić information content (AvgIpc) is 2.49. The van der Waals surface area contributed by atoms with Crippen molar-refractivity contribution in [2.24, 2.45) is 5.73 Å². The molecule has 0 aliphatic carbocycles. The molecule has 0 fully saturated rings. The molecule has 0 aliphatic heterocycles. The number of halogens is 1. The number of rotatable bonds is 6. The van der Waals surface area contributed by atoms with Gasteiger partial charge in [0.1, 0.15) is 11.6 Å². The minimum Gasteiger partial charge on any atom is -0.496 e. The Labute approximate surface area is 119 Å². The normalized spacial score (nSPS) is 12.2. The highest BCUT2D eigenvalue weighted by Crippen LogP contribution is 2.30. The number of ether oxygens (including phenoxy) is 1. The highest BCUT2D eigenvalue weighted by Gasteiger charge is 2.15. The molecular weight excluding hydrogens is 253 g/mol. The van der Waals surface area contributed by atoms with E-state index in [2.05, 4.69) is 12.1 Å². The summed E-state index contributed by atoms with van der Waals surface area (Å²) in [7, 11) is 1.60. The molecule has 0 spiro atoms. The Kier molecular flexibility index (Phi) is 5.13. The topological polar surface area (TPSA) is 35.2 Å². The van der Waals surface area contributed by atoms with E-state index in [1.54, 1.807) is 13.2 Å². The highest BCUT2D eigenvalue weighted by atomic mass is 19.1. The summed E-state index contributed by atoms with van der Waals surface area (Å²) in [5.74, 6) is 0.551. The average molecular weight is 273 g/mol. The van der Waals surface area contributed by atoms with Crippen LogP contribution in [0.4, 0.5) is 4.39 Å². The summed E-state index contributed by atoms with van der Waals surface area (Å²) in [6.07, 6.45) is 1.79. The Bertz CT molecular complexity index is 542. The first-order chi connectivity index (χ1) is 9.74. The summed E-state index contributed by atoms with van der Waals surface area (Å²) >= 11 is 0. The number of nitrogens with two attached hydrogens (primary N) is 1. The van der Waals surface area contributed by atoms with E-state index < -0.39 is 0 Å². The van der Waals surface area contributed by atoms with Gasteiger partial charge in [0.25, 0.3) is 0 Å². The first kappa shape index (κ1) is 14.5. The van der Waals surface area contributed by atoms with Gasteiger partial charge >= 0.3 is 0 Å². The second-order valence-electron chi connectivity index (χ2n) is 4.84. The summed E-state index contributed by atoms with van der Waals surface area (Å²) in [4.78, 5) is 0. The van der Waals surface area contributed by atoms with E-state index in [1.807, 2.05) is 18.2 Å². The third-order valence-electron chi connectivity index (χ3n) is 3.54. The molecule has 106 valence electrons. The maximum atomic E-state index is 13.4. The van der Waals surface area contributed by atoms with Crippen molar-refractivity contribution in [3.8, 4) is 5.75 Å². The summed E-state index contributed by atoms with van der Waals surface area (Å²) < 4.78 is 18.8. The van der Waals surface area contributed by atoms with Crippen LogP contribution in [0.5, 0.6) is 5.75 Å². The summed E-state index contributed by atoms with van der Waals surface area (Å²) in [5.41, 5.74) is 7.98. The van der Waals surface area contributed by atoms with Gasteiger partial charge in [-0.05, 0) is 43.1 Å². The molecule has 2 rings (SSSR count). The molecule has 0 heterocycles. The molecule has 2 N–H and O–H groups in total. The monoisotopic (exact) mass is 273 g/mol. The second-order valence-corrected chi connectivity index (χ2v) is 4.84. The van der Waals surface area contributed by atoms with Crippen molar-refractivity contribution >= 4 is 0 Å². The number of aryl methyl sites for hydroxylation is 1. The van der Waals surface area contributed by atoms with E-state index in [1.165, 1.54) is 17.7 Å². The fourth-order valence-corrected chi connectivity index (χ4v) is 2.41. The molecule has 2 nitrogen and oxygen atoms in total. The van der Waals surface area contributed by atoms with Crippen LogP contribution in [-0.4, -0.2) is 13.7 Å². The second kappa shape index (κ2) is 7.06. The Morgan fingerprint density at radius 3 is 2.55 bits per heavy atom. The molecule has 0 radical (unpaired) electrons. The Balaban J connectivity index is 2.14. The number of benzene rings is 2. The Morgan fingerprint density at radius 2 is 1.90 bits per heavy atom. The zero-order valence-corrected chi connectivity index (χ0v) is 11.7. The predicted molar refractivity (Wildman–Crippen MR) is 79.5 cm³/mol. The lowest BCUT2D eigenvalue weighted by Gasteiger charge is -2.18. The smallest absolute Gasteiger partial charge is 0.123 e. The molecular formula is C17H20FNO. The fourth-order valence-electron chi connectivity index (χ4n) is 2.41.